The Bertz CT molecular complexity index is 654. The Kier molecular flexibility index (Phi) is 5.44. The number of hydrogen-bond acceptors (Lipinski definition) is 2. The molecule has 2 aromatic rings. The first-order chi connectivity index (χ1) is 10.4. The molecule has 0 atom stereocenters. The van der Waals surface area contributed by atoms with Crippen LogP contribution in [0.15, 0.2) is 46.9 Å². The third-order valence-electron chi connectivity index (χ3n) is 2.86. The van der Waals surface area contributed by atoms with Gasteiger partial charge in [0, 0.05) is 10.2 Å². The van der Waals surface area contributed by atoms with Crippen molar-refractivity contribution in [2.75, 3.05) is 10.6 Å². The van der Waals surface area contributed by atoms with Crippen LogP contribution in [0.3, 0.4) is 0 Å². The first-order valence-electron chi connectivity index (χ1n) is 7.05. The lowest BCUT2D eigenvalue weighted by molar-refractivity contribution is 0.242. The van der Waals surface area contributed by atoms with Crippen molar-refractivity contribution in [3.05, 3.63) is 52.5 Å². The van der Waals surface area contributed by atoms with Crippen LogP contribution >= 0.6 is 15.9 Å². The average molecular weight is 363 g/mol. The first-order valence-corrected chi connectivity index (χ1v) is 7.84. The summed E-state index contributed by atoms with van der Waals surface area (Å²) < 4.78 is 6.41. The number of ether oxygens (including phenoxy) is 1. The molecule has 2 rings (SSSR count). The number of carbonyl (C=O) groups is 1. The van der Waals surface area contributed by atoms with Crippen LogP contribution in [0.2, 0.25) is 0 Å². The van der Waals surface area contributed by atoms with Gasteiger partial charge in [0.15, 0.2) is 0 Å². The molecule has 0 aliphatic rings. The molecule has 22 heavy (non-hydrogen) atoms. The lowest BCUT2D eigenvalue weighted by Crippen LogP contribution is -2.19. The molecule has 0 saturated carbocycles. The minimum atomic E-state index is -0.290. The number of anilines is 2. The molecular formula is C17H19BrN2O2. The van der Waals surface area contributed by atoms with Gasteiger partial charge in [-0.2, -0.15) is 0 Å². The second-order valence-electron chi connectivity index (χ2n) is 5.25. The molecule has 0 bridgehead atoms. The molecule has 0 aliphatic heterocycles. The fourth-order valence-corrected chi connectivity index (χ4v) is 2.49. The van der Waals surface area contributed by atoms with Gasteiger partial charge in [-0.15, -0.1) is 0 Å². The van der Waals surface area contributed by atoms with Crippen molar-refractivity contribution in [3.8, 4) is 5.75 Å². The van der Waals surface area contributed by atoms with Gasteiger partial charge in [-0.3, -0.25) is 0 Å². The van der Waals surface area contributed by atoms with Crippen LogP contribution in [0.5, 0.6) is 5.75 Å². The van der Waals surface area contributed by atoms with Gasteiger partial charge in [0.2, 0.25) is 0 Å². The highest BCUT2D eigenvalue weighted by molar-refractivity contribution is 9.10. The van der Waals surface area contributed by atoms with Gasteiger partial charge in [-0.1, -0.05) is 6.07 Å². The van der Waals surface area contributed by atoms with Crippen LogP contribution in [0.1, 0.15) is 19.4 Å². The normalized spacial score (nSPS) is 10.4. The van der Waals surface area contributed by atoms with Crippen LogP contribution in [0, 0.1) is 6.92 Å². The van der Waals surface area contributed by atoms with Gasteiger partial charge in [0.25, 0.3) is 0 Å². The van der Waals surface area contributed by atoms with Gasteiger partial charge in [0.1, 0.15) is 5.75 Å². The van der Waals surface area contributed by atoms with Crippen LogP contribution in [-0.2, 0) is 0 Å². The van der Waals surface area contributed by atoms with E-state index < -0.39 is 0 Å². The van der Waals surface area contributed by atoms with Crippen molar-refractivity contribution >= 4 is 33.3 Å². The molecule has 0 radical (unpaired) electrons. The summed E-state index contributed by atoms with van der Waals surface area (Å²) in [6.45, 7) is 5.94. The van der Waals surface area contributed by atoms with E-state index in [9.17, 15) is 4.79 Å². The van der Waals surface area contributed by atoms with Crippen molar-refractivity contribution in [1.82, 2.24) is 0 Å². The highest BCUT2D eigenvalue weighted by Gasteiger charge is 2.06. The summed E-state index contributed by atoms with van der Waals surface area (Å²) in [5, 5.41) is 5.59. The summed E-state index contributed by atoms with van der Waals surface area (Å²) in [5.41, 5.74) is 2.55. The predicted octanol–water partition coefficient (Wildman–Crippen LogP) is 5.19. The zero-order chi connectivity index (χ0) is 16.1. The Labute approximate surface area is 139 Å². The lowest BCUT2D eigenvalue weighted by Gasteiger charge is -2.12. The van der Waals surface area contributed by atoms with E-state index in [1.807, 2.05) is 63.2 Å². The quantitative estimate of drug-likeness (QED) is 0.786. The van der Waals surface area contributed by atoms with Gasteiger partial charge in [-0.05, 0) is 78.7 Å². The maximum atomic E-state index is 12.0. The van der Waals surface area contributed by atoms with Gasteiger partial charge >= 0.3 is 6.03 Å². The summed E-state index contributed by atoms with van der Waals surface area (Å²) in [7, 11) is 0. The maximum Gasteiger partial charge on any atom is 0.323 e. The van der Waals surface area contributed by atoms with Crippen molar-refractivity contribution in [3.63, 3.8) is 0 Å². The van der Waals surface area contributed by atoms with Crippen LogP contribution in [0.25, 0.3) is 0 Å². The molecule has 0 fully saturated rings. The summed E-state index contributed by atoms with van der Waals surface area (Å²) >= 11 is 3.43. The lowest BCUT2D eigenvalue weighted by atomic mass is 10.2. The molecule has 2 N–H and O–H groups in total. The van der Waals surface area contributed by atoms with Gasteiger partial charge < -0.3 is 15.4 Å². The number of hydrogen-bond donors (Lipinski definition) is 2. The maximum absolute atomic E-state index is 12.0. The third kappa shape index (κ3) is 4.77. The number of benzene rings is 2. The molecule has 0 unspecified atom stereocenters. The third-order valence-corrected chi connectivity index (χ3v) is 3.51. The molecule has 0 spiro atoms. The van der Waals surface area contributed by atoms with Crippen molar-refractivity contribution < 1.29 is 9.53 Å². The fraction of sp³-hybridized carbons (Fsp3) is 0.235. The van der Waals surface area contributed by atoms with E-state index in [0.29, 0.717) is 5.69 Å². The predicted molar refractivity (Wildman–Crippen MR) is 93.7 cm³/mol. The summed E-state index contributed by atoms with van der Waals surface area (Å²) in [6, 6.07) is 12.7. The Hall–Kier alpha value is -2.01. The van der Waals surface area contributed by atoms with E-state index in [-0.39, 0.29) is 12.1 Å². The van der Waals surface area contributed by atoms with Crippen LogP contribution in [-0.4, -0.2) is 12.1 Å². The van der Waals surface area contributed by atoms with E-state index in [4.69, 9.17) is 4.74 Å². The smallest absolute Gasteiger partial charge is 0.323 e. The topological polar surface area (TPSA) is 50.4 Å². The second-order valence-corrected chi connectivity index (χ2v) is 6.11. The standard InChI is InChI=1S/C17H19BrN2O2/c1-11(2)22-14-7-5-13(6-8-14)19-17(21)20-16-9-4-12(3)10-15(16)18/h4-11H,1-3H3,(H2,19,20,21). The van der Waals surface area contributed by atoms with Crippen LogP contribution < -0.4 is 15.4 Å². The highest BCUT2D eigenvalue weighted by Crippen LogP contribution is 2.23. The SMILES string of the molecule is Cc1ccc(NC(=O)Nc2ccc(OC(C)C)cc2)c(Br)c1. The number of halogens is 1. The Morgan fingerprint density at radius 2 is 1.77 bits per heavy atom. The Balaban J connectivity index is 1.97. The number of rotatable bonds is 4. The number of carbonyl (C=O) groups excluding carboxylic acids is 1. The monoisotopic (exact) mass is 362 g/mol. The van der Waals surface area contributed by atoms with E-state index in [2.05, 4.69) is 26.6 Å². The van der Waals surface area contributed by atoms with E-state index in [1.54, 1.807) is 0 Å². The number of urea groups is 1. The van der Waals surface area contributed by atoms with Crippen molar-refractivity contribution in [1.29, 1.82) is 0 Å². The summed E-state index contributed by atoms with van der Waals surface area (Å²) in [6.07, 6.45) is 0.126. The minimum absolute atomic E-state index is 0.126. The Morgan fingerprint density at radius 3 is 2.36 bits per heavy atom. The van der Waals surface area contributed by atoms with E-state index in [1.165, 1.54) is 0 Å². The summed E-state index contributed by atoms with van der Waals surface area (Å²) in [4.78, 5) is 12.0. The fourth-order valence-electron chi connectivity index (χ4n) is 1.90. The molecule has 2 amide bonds. The molecular weight excluding hydrogens is 344 g/mol. The molecule has 0 aliphatic carbocycles. The number of amides is 2. The molecule has 5 heteroatoms. The van der Waals surface area contributed by atoms with E-state index in [0.717, 1.165) is 21.5 Å². The molecule has 2 aromatic carbocycles. The summed E-state index contributed by atoms with van der Waals surface area (Å²) in [5.74, 6) is 0.780. The molecule has 4 nitrogen and oxygen atoms in total. The zero-order valence-corrected chi connectivity index (χ0v) is 14.4. The molecule has 0 saturated heterocycles. The largest absolute Gasteiger partial charge is 0.491 e. The van der Waals surface area contributed by atoms with Crippen molar-refractivity contribution in [2.45, 2.75) is 26.9 Å². The van der Waals surface area contributed by atoms with Gasteiger partial charge in [-0.25, -0.2) is 4.79 Å². The number of aryl methyl sites for hydroxylation is 1. The van der Waals surface area contributed by atoms with E-state index >= 15 is 0 Å². The highest BCUT2D eigenvalue weighted by atomic mass is 79.9. The zero-order valence-electron chi connectivity index (χ0n) is 12.8. The first kappa shape index (κ1) is 16.4. The number of nitrogens with one attached hydrogen (secondary N) is 2. The van der Waals surface area contributed by atoms with Gasteiger partial charge in [0.05, 0.1) is 11.8 Å². The molecule has 116 valence electrons. The molecule has 0 aromatic heterocycles. The second kappa shape index (κ2) is 7.31. The molecule has 0 heterocycles. The van der Waals surface area contributed by atoms with Crippen molar-refractivity contribution in [2.24, 2.45) is 0 Å². The average Bonchev–Trinajstić information content (AvgIpc) is 2.43. The Morgan fingerprint density at radius 1 is 1.09 bits per heavy atom. The minimum Gasteiger partial charge on any atom is -0.491 e. The van der Waals surface area contributed by atoms with Crippen LogP contribution in [0.4, 0.5) is 16.2 Å².